The van der Waals surface area contributed by atoms with Crippen LogP contribution in [0.5, 0.6) is 0 Å². The Kier molecular flexibility index (Phi) is 3.60. The first-order chi connectivity index (χ1) is 6.91. The van der Waals surface area contributed by atoms with E-state index in [9.17, 15) is 17.8 Å². The first-order valence-corrected chi connectivity index (χ1v) is 5.87. The van der Waals surface area contributed by atoms with Crippen LogP contribution in [0.1, 0.15) is 24.2 Å². The predicted molar refractivity (Wildman–Crippen MR) is 54.2 cm³/mol. The van der Waals surface area contributed by atoms with Crippen LogP contribution in [0.15, 0.2) is 30.3 Å². The van der Waals surface area contributed by atoms with Crippen LogP contribution in [0.2, 0.25) is 0 Å². The molecule has 5 heteroatoms. The number of rotatable bonds is 4. The van der Waals surface area contributed by atoms with Gasteiger partial charge in [0.05, 0.1) is 5.25 Å². The fourth-order valence-electron chi connectivity index (χ4n) is 1.32. The van der Waals surface area contributed by atoms with Crippen molar-refractivity contribution in [3.8, 4) is 0 Å². The lowest BCUT2D eigenvalue weighted by Crippen LogP contribution is -2.15. The lowest BCUT2D eigenvalue weighted by Gasteiger charge is -2.19. The van der Waals surface area contributed by atoms with Crippen molar-refractivity contribution in [3.63, 3.8) is 0 Å². The number of hydrogen-bond acceptors (Lipinski definition) is 4. The predicted octanol–water partition coefficient (Wildman–Crippen LogP) is 1.25. The summed E-state index contributed by atoms with van der Waals surface area (Å²) in [7, 11) is -4.48. The van der Waals surface area contributed by atoms with Crippen molar-refractivity contribution in [1.29, 1.82) is 0 Å². The van der Waals surface area contributed by atoms with E-state index in [1.54, 1.807) is 18.2 Å². The summed E-state index contributed by atoms with van der Waals surface area (Å²) >= 11 is 0. The Hall–Kier alpha value is -1.20. The van der Waals surface area contributed by atoms with Gasteiger partial charge in [-0.25, -0.2) is 8.42 Å². The summed E-state index contributed by atoms with van der Waals surface area (Å²) in [5, 5.41) is -1.27. The van der Waals surface area contributed by atoms with Crippen molar-refractivity contribution in [1.82, 2.24) is 0 Å². The van der Waals surface area contributed by atoms with E-state index >= 15 is 0 Å². The molecule has 0 amide bonds. The lowest BCUT2D eigenvalue weighted by atomic mass is 10.1. The quantitative estimate of drug-likeness (QED) is 0.725. The van der Waals surface area contributed by atoms with Crippen LogP contribution < -0.4 is 0 Å². The molecule has 0 spiro atoms. The molecule has 0 aromatic heterocycles. The van der Waals surface area contributed by atoms with Gasteiger partial charge in [0.1, 0.15) is 15.9 Å². The summed E-state index contributed by atoms with van der Waals surface area (Å²) < 4.78 is 32.9. The minimum absolute atomic E-state index is 0.268. The maximum Gasteiger partial charge on any atom is 0.131 e. The molecule has 1 atom stereocenters. The third kappa shape index (κ3) is 3.45. The van der Waals surface area contributed by atoms with Crippen LogP contribution in [-0.4, -0.2) is 18.8 Å². The zero-order chi connectivity index (χ0) is 11.5. The average Bonchev–Trinajstić information content (AvgIpc) is 2.14. The van der Waals surface area contributed by atoms with Crippen LogP contribution >= 0.6 is 0 Å². The number of Topliss-reactive ketones (excluding diaryl/α,β-unsaturated/α-hetero) is 1. The zero-order valence-electron chi connectivity index (χ0n) is 8.21. The molecule has 0 heterocycles. The minimum Gasteiger partial charge on any atom is -0.747 e. The molecule has 4 nitrogen and oxygen atoms in total. The Balaban J connectivity index is 3.08. The summed E-state index contributed by atoms with van der Waals surface area (Å²) in [4.78, 5) is 10.9. The van der Waals surface area contributed by atoms with Gasteiger partial charge in [0.15, 0.2) is 0 Å². The van der Waals surface area contributed by atoms with Crippen LogP contribution in [0.25, 0.3) is 0 Å². The molecule has 82 valence electrons. The van der Waals surface area contributed by atoms with E-state index in [-0.39, 0.29) is 12.2 Å². The van der Waals surface area contributed by atoms with Crippen molar-refractivity contribution in [2.45, 2.75) is 18.6 Å². The van der Waals surface area contributed by atoms with E-state index in [1.807, 2.05) is 0 Å². The second-order valence-electron chi connectivity index (χ2n) is 3.30. The summed E-state index contributed by atoms with van der Waals surface area (Å²) in [6.07, 6.45) is -0.268. The van der Waals surface area contributed by atoms with Gasteiger partial charge < -0.3 is 4.55 Å². The van der Waals surface area contributed by atoms with E-state index < -0.39 is 15.4 Å². The van der Waals surface area contributed by atoms with Gasteiger partial charge >= 0.3 is 0 Å². The second-order valence-corrected chi connectivity index (χ2v) is 4.85. The molecular weight excluding hydrogens is 216 g/mol. The molecule has 0 saturated carbocycles. The fourth-order valence-corrected chi connectivity index (χ4v) is 2.24. The van der Waals surface area contributed by atoms with Gasteiger partial charge in [-0.15, -0.1) is 0 Å². The third-order valence-electron chi connectivity index (χ3n) is 1.99. The largest absolute Gasteiger partial charge is 0.747 e. The highest BCUT2D eigenvalue weighted by atomic mass is 32.2. The van der Waals surface area contributed by atoms with Gasteiger partial charge in [0, 0.05) is 6.42 Å². The molecule has 0 bridgehead atoms. The second kappa shape index (κ2) is 4.55. The number of carbonyl (C=O) groups is 1. The Bertz CT molecular complexity index is 436. The highest BCUT2D eigenvalue weighted by Gasteiger charge is 2.20. The van der Waals surface area contributed by atoms with E-state index in [0.717, 1.165) is 0 Å². The van der Waals surface area contributed by atoms with Gasteiger partial charge in [-0.1, -0.05) is 30.3 Å². The highest BCUT2D eigenvalue weighted by molar-refractivity contribution is 7.86. The summed E-state index contributed by atoms with van der Waals surface area (Å²) in [5.74, 6) is -0.316. The Morgan fingerprint density at radius 1 is 1.33 bits per heavy atom. The molecule has 1 aromatic rings. The van der Waals surface area contributed by atoms with Crippen LogP contribution in [-0.2, 0) is 14.9 Å². The van der Waals surface area contributed by atoms with E-state index in [1.165, 1.54) is 19.1 Å². The molecular formula is C10H11O4S-. The molecule has 1 aromatic carbocycles. The molecule has 0 aliphatic carbocycles. The van der Waals surface area contributed by atoms with Crippen LogP contribution in [0, 0.1) is 0 Å². The highest BCUT2D eigenvalue weighted by Crippen LogP contribution is 2.24. The minimum atomic E-state index is -4.48. The lowest BCUT2D eigenvalue weighted by molar-refractivity contribution is -0.117. The normalized spacial score (nSPS) is 13.5. The van der Waals surface area contributed by atoms with Crippen molar-refractivity contribution in [3.05, 3.63) is 35.9 Å². The number of benzene rings is 1. The molecule has 1 rings (SSSR count). The van der Waals surface area contributed by atoms with Gasteiger partial charge in [-0.2, -0.15) is 0 Å². The monoisotopic (exact) mass is 227 g/mol. The number of ketones is 1. The summed E-state index contributed by atoms with van der Waals surface area (Å²) in [6, 6.07) is 8.04. The molecule has 0 saturated heterocycles. The molecule has 1 unspecified atom stereocenters. The first kappa shape index (κ1) is 11.9. The van der Waals surface area contributed by atoms with Crippen molar-refractivity contribution < 1.29 is 17.8 Å². The van der Waals surface area contributed by atoms with Crippen LogP contribution in [0.3, 0.4) is 0 Å². The van der Waals surface area contributed by atoms with Gasteiger partial charge in [-0.05, 0) is 12.5 Å². The van der Waals surface area contributed by atoms with Gasteiger partial charge in [-0.3, -0.25) is 4.79 Å². The first-order valence-electron chi connectivity index (χ1n) is 4.40. The molecule has 15 heavy (non-hydrogen) atoms. The Morgan fingerprint density at radius 3 is 2.27 bits per heavy atom. The molecule has 0 aliphatic heterocycles. The summed E-state index contributed by atoms with van der Waals surface area (Å²) in [6.45, 7) is 1.26. The molecule has 0 fully saturated rings. The van der Waals surface area contributed by atoms with Gasteiger partial charge in [0.25, 0.3) is 0 Å². The van der Waals surface area contributed by atoms with Gasteiger partial charge in [0.2, 0.25) is 0 Å². The van der Waals surface area contributed by atoms with Crippen molar-refractivity contribution >= 4 is 15.9 Å². The molecule has 0 N–H and O–H groups in total. The Morgan fingerprint density at radius 2 is 1.87 bits per heavy atom. The number of carbonyl (C=O) groups excluding carboxylic acids is 1. The maximum absolute atomic E-state index is 11.0. The maximum atomic E-state index is 11.0. The molecule has 0 radical (unpaired) electrons. The van der Waals surface area contributed by atoms with Crippen LogP contribution in [0.4, 0.5) is 0 Å². The van der Waals surface area contributed by atoms with E-state index in [0.29, 0.717) is 5.56 Å². The summed E-state index contributed by atoms with van der Waals surface area (Å²) in [5.41, 5.74) is 0.364. The van der Waals surface area contributed by atoms with Crippen molar-refractivity contribution in [2.24, 2.45) is 0 Å². The Labute approximate surface area is 88.7 Å². The average molecular weight is 227 g/mol. The SMILES string of the molecule is CC(=O)CC(c1ccccc1)S(=O)(=O)[O-]. The smallest absolute Gasteiger partial charge is 0.131 e. The van der Waals surface area contributed by atoms with E-state index in [4.69, 9.17) is 0 Å². The number of hydrogen-bond donors (Lipinski definition) is 0. The standard InChI is InChI=1S/C10H12O4S/c1-8(11)7-10(15(12,13)14)9-5-3-2-4-6-9/h2-6,10H,7H2,1H3,(H,12,13,14)/p-1. The zero-order valence-corrected chi connectivity index (χ0v) is 9.03. The fraction of sp³-hybridized carbons (Fsp3) is 0.300. The van der Waals surface area contributed by atoms with E-state index in [2.05, 4.69) is 0 Å². The van der Waals surface area contributed by atoms with Crippen molar-refractivity contribution in [2.75, 3.05) is 0 Å². The topological polar surface area (TPSA) is 74.3 Å². The molecule has 0 aliphatic rings. The third-order valence-corrected chi connectivity index (χ3v) is 3.13.